The largest absolute Gasteiger partial charge is 0.494 e. The lowest BCUT2D eigenvalue weighted by Gasteiger charge is -2.07. The van der Waals surface area contributed by atoms with Gasteiger partial charge in [0.1, 0.15) is 5.52 Å². The maximum absolute atomic E-state index is 10.8. The Labute approximate surface area is 102 Å². The summed E-state index contributed by atoms with van der Waals surface area (Å²) in [5.74, 6) is 0.347. The molecule has 5 nitrogen and oxygen atoms in total. The van der Waals surface area contributed by atoms with E-state index in [1.807, 2.05) is 0 Å². The van der Waals surface area contributed by atoms with Crippen LogP contribution in [-0.2, 0) is 0 Å². The van der Waals surface area contributed by atoms with Crippen LogP contribution in [0.2, 0.25) is 5.02 Å². The third-order valence-electron chi connectivity index (χ3n) is 2.37. The second kappa shape index (κ2) is 4.18. The van der Waals surface area contributed by atoms with Crippen LogP contribution in [0.25, 0.3) is 10.9 Å². The fraction of sp³-hybridized carbons (Fsp3) is 0.182. The molecule has 1 aromatic carbocycles. The van der Waals surface area contributed by atoms with Gasteiger partial charge < -0.3 is 4.74 Å². The van der Waals surface area contributed by atoms with Crippen molar-refractivity contribution in [1.29, 1.82) is 0 Å². The molecule has 0 N–H and O–H groups in total. The highest BCUT2D eigenvalue weighted by atomic mass is 35.5. The summed E-state index contributed by atoms with van der Waals surface area (Å²) in [6.45, 7) is 1.80. The molecule has 2 rings (SSSR count). The second-order valence-corrected chi connectivity index (χ2v) is 3.95. The van der Waals surface area contributed by atoms with Crippen molar-refractivity contribution in [2.45, 2.75) is 6.92 Å². The molecule has 0 saturated heterocycles. The van der Waals surface area contributed by atoms with Crippen LogP contribution in [0.5, 0.6) is 5.75 Å². The SMILES string of the molecule is COc1cc([N+](=O)[O-])cc2c(Cl)cc(C)nc12. The molecule has 0 aliphatic heterocycles. The number of methoxy groups -OCH3 is 1. The van der Waals surface area contributed by atoms with Crippen molar-refractivity contribution < 1.29 is 9.66 Å². The molecule has 1 aromatic heterocycles. The third kappa shape index (κ3) is 2.01. The number of benzene rings is 1. The van der Waals surface area contributed by atoms with Gasteiger partial charge in [0.15, 0.2) is 5.75 Å². The Kier molecular flexibility index (Phi) is 2.85. The van der Waals surface area contributed by atoms with Crippen LogP contribution < -0.4 is 4.74 Å². The lowest BCUT2D eigenvalue weighted by Crippen LogP contribution is -1.94. The lowest BCUT2D eigenvalue weighted by molar-refractivity contribution is -0.384. The molecule has 2 aromatic rings. The van der Waals surface area contributed by atoms with E-state index in [1.165, 1.54) is 19.2 Å². The summed E-state index contributed by atoms with van der Waals surface area (Å²) >= 11 is 6.05. The van der Waals surface area contributed by atoms with Crippen molar-refractivity contribution in [3.8, 4) is 5.75 Å². The first-order valence-corrected chi connectivity index (χ1v) is 5.20. The van der Waals surface area contributed by atoms with Gasteiger partial charge in [0.05, 0.1) is 23.1 Å². The number of ether oxygens (including phenoxy) is 1. The van der Waals surface area contributed by atoms with E-state index in [2.05, 4.69) is 4.98 Å². The molecule has 0 saturated carbocycles. The molecular weight excluding hydrogens is 244 g/mol. The van der Waals surface area contributed by atoms with Gasteiger partial charge in [-0.1, -0.05) is 11.6 Å². The molecular formula is C11H9ClN2O3. The number of aromatic nitrogens is 1. The van der Waals surface area contributed by atoms with Crippen LogP contribution in [0.15, 0.2) is 18.2 Å². The van der Waals surface area contributed by atoms with E-state index in [0.29, 0.717) is 21.7 Å². The summed E-state index contributed by atoms with van der Waals surface area (Å²) in [6.07, 6.45) is 0. The molecule has 0 aliphatic rings. The fourth-order valence-electron chi connectivity index (χ4n) is 1.62. The smallest absolute Gasteiger partial charge is 0.273 e. The number of nitro benzene ring substituents is 1. The topological polar surface area (TPSA) is 65.3 Å². The Balaban J connectivity index is 2.87. The molecule has 0 aliphatic carbocycles. The summed E-state index contributed by atoms with van der Waals surface area (Å²) in [6, 6.07) is 4.39. The molecule has 17 heavy (non-hydrogen) atoms. The van der Waals surface area contributed by atoms with E-state index in [0.717, 1.165) is 5.69 Å². The average molecular weight is 253 g/mol. The molecule has 6 heteroatoms. The van der Waals surface area contributed by atoms with Crippen LogP contribution in [0.3, 0.4) is 0 Å². The van der Waals surface area contributed by atoms with Crippen molar-refractivity contribution in [2.24, 2.45) is 0 Å². The Hall–Kier alpha value is -1.88. The summed E-state index contributed by atoms with van der Waals surface area (Å²) in [7, 11) is 1.44. The third-order valence-corrected chi connectivity index (χ3v) is 2.68. The highest BCUT2D eigenvalue weighted by Crippen LogP contribution is 2.33. The molecule has 0 spiro atoms. The van der Waals surface area contributed by atoms with E-state index in [1.54, 1.807) is 13.0 Å². The Morgan fingerprint density at radius 1 is 1.41 bits per heavy atom. The highest BCUT2D eigenvalue weighted by Gasteiger charge is 2.15. The van der Waals surface area contributed by atoms with Crippen LogP contribution in [0.4, 0.5) is 5.69 Å². The number of hydrogen-bond acceptors (Lipinski definition) is 4. The number of aryl methyl sites for hydroxylation is 1. The van der Waals surface area contributed by atoms with Gasteiger partial charge in [-0.15, -0.1) is 0 Å². The maximum atomic E-state index is 10.8. The molecule has 0 amide bonds. The van der Waals surface area contributed by atoms with E-state index < -0.39 is 4.92 Å². The number of hydrogen-bond donors (Lipinski definition) is 0. The predicted octanol–water partition coefficient (Wildman–Crippen LogP) is 3.11. The standard InChI is InChI=1S/C11H9ClN2O3/c1-6-3-9(12)8-4-7(14(15)16)5-10(17-2)11(8)13-6/h3-5H,1-2H3. The zero-order valence-electron chi connectivity index (χ0n) is 9.23. The molecule has 0 unspecified atom stereocenters. The zero-order chi connectivity index (χ0) is 12.6. The Morgan fingerprint density at radius 3 is 2.71 bits per heavy atom. The molecule has 88 valence electrons. The van der Waals surface area contributed by atoms with Crippen molar-refractivity contribution in [3.05, 3.63) is 39.0 Å². The van der Waals surface area contributed by atoms with Gasteiger partial charge in [0.2, 0.25) is 0 Å². The first-order valence-electron chi connectivity index (χ1n) is 4.82. The second-order valence-electron chi connectivity index (χ2n) is 3.55. The van der Waals surface area contributed by atoms with E-state index in [4.69, 9.17) is 16.3 Å². The molecule has 0 fully saturated rings. The van der Waals surface area contributed by atoms with Crippen molar-refractivity contribution in [2.75, 3.05) is 7.11 Å². The van der Waals surface area contributed by atoms with Crippen LogP contribution in [0.1, 0.15) is 5.69 Å². The fourth-order valence-corrected chi connectivity index (χ4v) is 1.92. The maximum Gasteiger partial charge on any atom is 0.273 e. The first kappa shape index (κ1) is 11.6. The number of nitrogens with zero attached hydrogens (tertiary/aromatic N) is 2. The molecule has 0 bridgehead atoms. The zero-order valence-corrected chi connectivity index (χ0v) is 9.99. The van der Waals surface area contributed by atoms with Crippen molar-refractivity contribution in [1.82, 2.24) is 4.98 Å². The molecule has 0 atom stereocenters. The number of nitro groups is 1. The van der Waals surface area contributed by atoms with Crippen molar-refractivity contribution >= 4 is 28.2 Å². The Bertz CT molecular complexity index is 613. The number of non-ortho nitro benzene ring substituents is 1. The molecule has 0 radical (unpaired) electrons. The van der Waals surface area contributed by atoms with Gasteiger partial charge >= 0.3 is 0 Å². The van der Waals surface area contributed by atoms with Gasteiger partial charge in [0.25, 0.3) is 5.69 Å². The van der Waals surface area contributed by atoms with E-state index in [9.17, 15) is 10.1 Å². The Morgan fingerprint density at radius 2 is 2.12 bits per heavy atom. The van der Waals surface area contributed by atoms with E-state index >= 15 is 0 Å². The molecule has 1 heterocycles. The number of pyridine rings is 1. The van der Waals surface area contributed by atoms with Gasteiger partial charge in [-0.05, 0) is 13.0 Å². The van der Waals surface area contributed by atoms with Gasteiger partial charge in [-0.25, -0.2) is 4.98 Å². The minimum atomic E-state index is -0.488. The number of fused-ring (bicyclic) bond motifs is 1. The average Bonchev–Trinajstić information content (AvgIpc) is 2.27. The normalized spacial score (nSPS) is 10.5. The van der Waals surface area contributed by atoms with Crippen LogP contribution in [0, 0.1) is 17.0 Å². The summed E-state index contributed by atoms with van der Waals surface area (Å²) in [5, 5.41) is 11.7. The van der Waals surface area contributed by atoms with Crippen molar-refractivity contribution in [3.63, 3.8) is 0 Å². The van der Waals surface area contributed by atoms with E-state index in [-0.39, 0.29) is 5.69 Å². The highest BCUT2D eigenvalue weighted by molar-refractivity contribution is 6.35. The number of rotatable bonds is 2. The summed E-state index contributed by atoms with van der Waals surface area (Å²) < 4.78 is 5.10. The van der Waals surface area contributed by atoms with Crippen LogP contribution in [-0.4, -0.2) is 17.0 Å². The summed E-state index contributed by atoms with van der Waals surface area (Å²) in [5.41, 5.74) is 1.19. The minimum Gasteiger partial charge on any atom is -0.494 e. The number of halogens is 1. The minimum absolute atomic E-state index is 0.0677. The summed E-state index contributed by atoms with van der Waals surface area (Å²) in [4.78, 5) is 14.6. The van der Waals surface area contributed by atoms with Gasteiger partial charge in [0, 0.05) is 17.1 Å². The predicted molar refractivity (Wildman–Crippen MR) is 64.7 cm³/mol. The first-order chi connectivity index (χ1) is 8.02. The quantitative estimate of drug-likeness (QED) is 0.608. The monoisotopic (exact) mass is 252 g/mol. The lowest BCUT2D eigenvalue weighted by atomic mass is 10.1. The van der Waals surface area contributed by atoms with Crippen LogP contribution >= 0.6 is 11.6 Å². The van der Waals surface area contributed by atoms with Gasteiger partial charge in [-0.3, -0.25) is 10.1 Å². The van der Waals surface area contributed by atoms with Gasteiger partial charge in [-0.2, -0.15) is 0 Å².